The average Bonchev–Trinajstić information content (AvgIpc) is 1.87. The van der Waals surface area contributed by atoms with Gasteiger partial charge >= 0.3 is 0 Å². The van der Waals surface area contributed by atoms with Crippen molar-refractivity contribution in [2.75, 3.05) is 0 Å². The van der Waals surface area contributed by atoms with E-state index in [4.69, 9.17) is 4.74 Å². The lowest BCUT2D eigenvalue weighted by Crippen LogP contribution is -2.62. The molecule has 2 saturated heterocycles. The molecule has 10 heavy (non-hydrogen) atoms. The van der Waals surface area contributed by atoms with E-state index in [1.165, 1.54) is 12.8 Å². The predicted octanol–water partition coefficient (Wildman–Crippen LogP) is 2.21. The first-order valence-electron chi connectivity index (χ1n) is 4.28. The molecular formula is C9H16O. The Morgan fingerprint density at radius 1 is 1.30 bits per heavy atom. The number of ether oxygens (including phenoxy) is 1. The number of hydrogen-bond acceptors (Lipinski definition) is 1. The smallest absolute Gasteiger partial charge is 0.0680 e. The van der Waals surface area contributed by atoms with E-state index in [0.717, 1.165) is 5.92 Å². The standard InChI is InChI=1S/C9H16O/c1-6-4-5-7-9(2,3)8(6)10-7/h6-8H,4-5H2,1-3H3. The highest BCUT2D eigenvalue weighted by Gasteiger charge is 2.54. The molecule has 0 aromatic rings. The highest BCUT2D eigenvalue weighted by Crippen LogP contribution is 2.51. The van der Waals surface area contributed by atoms with Crippen LogP contribution in [-0.4, -0.2) is 12.2 Å². The third-order valence-electron chi connectivity index (χ3n) is 3.28. The van der Waals surface area contributed by atoms with Crippen molar-refractivity contribution in [2.24, 2.45) is 11.3 Å². The normalized spacial score (nSPS) is 50.1. The van der Waals surface area contributed by atoms with Gasteiger partial charge in [0.25, 0.3) is 0 Å². The van der Waals surface area contributed by atoms with E-state index in [1.807, 2.05) is 0 Å². The largest absolute Gasteiger partial charge is 0.373 e. The molecule has 1 aliphatic carbocycles. The Kier molecular flexibility index (Phi) is 1.17. The summed E-state index contributed by atoms with van der Waals surface area (Å²) in [6.07, 6.45) is 3.80. The van der Waals surface area contributed by atoms with Gasteiger partial charge in [0.05, 0.1) is 12.2 Å². The van der Waals surface area contributed by atoms with Crippen LogP contribution < -0.4 is 0 Å². The van der Waals surface area contributed by atoms with E-state index in [0.29, 0.717) is 17.6 Å². The zero-order chi connectivity index (χ0) is 7.35. The molecule has 0 N–H and O–H groups in total. The van der Waals surface area contributed by atoms with Crippen LogP contribution in [0.4, 0.5) is 0 Å². The van der Waals surface area contributed by atoms with Crippen LogP contribution in [-0.2, 0) is 4.74 Å². The molecule has 3 unspecified atom stereocenters. The summed E-state index contributed by atoms with van der Waals surface area (Å²) in [4.78, 5) is 0. The van der Waals surface area contributed by atoms with E-state index in [-0.39, 0.29) is 0 Å². The van der Waals surface area contributed by atoms with Gasteiger partial charge in [-0.25, -0.2) is 0 Å². The van der Waals surface area contributed by atoms with Crippen molar-refractivity contribution in [3.05, 3.63) is 0 Å². The molecule has 2 aliphatic heterocycles. The molecular weight excluding hydrogens is 124 g/mol. The molecule has 3 atom stereocenters. The van der Waals surface area contributed by atoms with Crippen LogP contribution in [0.5, 0.6) is 0 Å². The molecule has 3 aliphatic rings. The third-order valence-corrected chi connectivity index (χ3v) is 3.28. The highest BCUT2D eigenvalue weighted by atomic mass is 16.5. The second-order valence-corrected chi connectivity index (χ2v) is 4.42. The van der Waals surface area contributed by atoms with Crippen molar-refractivity contribution in [2.45, 2.75) is 45.8 Å². The zero-order valence-corrected chi connectivity index (χ0v) is 7.05. The lowest BCUT2D eigenvalue weighted by molar-refractivity contribution is -0.280. The van der Waals surface area contributed by atoms with Crippen molar-refractivity contribution >= 4 is 0 Å². The minimum atomic E-state index is 0.484. The molecule has 1 saturated carbocycles. The number of hydrogen-bond donors (Lipinski definition) is 0. The monoisotopic (exact) mass is 140 g/mol. The lowest BCUT2D eigenvalue weighted by Gasteiger charge is -2.58. The van der Waals surface area contributed by atoms with Crippen LogP contribution in [0, 0.1) is 11.3 Å². The zero-order valence-electron chi connectivity index (χ0n) is 7.05. The van der Waals surface area contributed by atoms with Crippen LogP contribution in [0.25, 0.3) is 0 Å². The molecule has 2 heterocycles. The molecule has 0 aromatic heterocycles. The quantitative estimate of drug-likeness (QED) is 0.501. The van der Waals surface area contributed by atoms with Gasteiger partial charge < -0.3 is 4.74 Å². The summed E-state index contributed by atoms with van der Waals surface area (Å²) in [5.41, 5.74) is 0.484. The minimum absolute atomic E-state index is 0.484. The molecule has 58 valence electrons. The van der Waals surface area contributed by atoms with Crippen molar-refractivity contribution in [1.29, 1.82) is 0 Å². The van der Waals surface area contributed by atoms with Gasteiger partial charge in [0, 0.05) is 5.41 Å². The summed E-state index contributed by atoms with van der Waals surface area (Å²) < 4.78 is 5.70. The Bertz CT molecular complexity index is 149. The Hall–Kier alpha value is -0.0400. The molecule has 0 radical (unpaired) electrons. The predicted molar refractivity (Wildman–Crippen MR) is 40.8 cm³/mol. The molecule has 0 amide bonds. The summed E-state index contributed by atoms with van der Waals surface area (Å²) in [6, 6.07) is 0. The van der Waals surface area contributed by atoms with E-state index in [9.17, 15) is 0 Å². The van der Waals surface area contributed by atoms with E-state index in [2.05, 4.69) is 20.8 Å². The van der Waals surface area contributed by atoms with Gasteiger partial charge in [-0.1, -0.05) is 20.8 Å². The lowest BCUT2D eigenvalue weighted by atomic mass is 9.63. The van der Waals surface area contributed by atoms with Crippen molar-refractivity contribution in [1.82, 2.24) is 0 Å². The fraction of sp³-hybridized carbons (Fsp3) is 1.00. The Labute approximate surface area is 62.8 Å². The Morgan fingerprint density at radius 2 is 2.00 bits per heavy atom. The minimum Gasteiger partial charge on any atom is -0.373 e. The van der Waals surface area contributed by atoms with Crippen LogP contribution in [0.2, 0.25) is 0 Å². The van der Waals surface area contributed by atoms with Crippen molar-refractivity contribution in [3.8, 4) is 0 Å². The van der Waals surface area contributed by atoms with E-state index in [1.54, 1.807) is 0 Å². The second-order valence-electron chi connectivity index (χ2n) is 4.42. The maximum atomic E-state index is 5.70. The Morgan fingerprint density at radius 3 is 2.30 bits per heavy atom. The second kappa shape index (κ2) is 1.76. The molecule has 3 rings (SSSR count). The first-order chi connectivity index (χ1) is 4.62. The molecule has 3 fully saturated rings. The van der Waals surface area contributed by atoms with Gasteiger partial charge in [0.2, 0.25) is 0 Å². The molecule has 0 aromatic carbocycles. The first kappa shape index (κ1) is 6.66. The molecule has 1 nitrogen and oxygen atoms in total. The van der Waals surface area contributed by atoms with Gasteiger partial charge in [-0.2, -0.15) is 0 Å². The topological polar surface area (TPSA) is 9.23 Å². The molecule has 2 bridgehead atoms. The van der Waals surface area contributed by atoms with Crippen molar-refractivity contribution in [3.63, 3.8) is 0 Å². The number of rotatable bonds is 0. The third kappa shape index (κ3) is 0.619. The fourth-order valence-corrected chi connectivity index (χ4v) is 2.51. The van der Waals surface area contributed by atoms with Crippen LogP contribution >= 0.6 is 0 Å². The van der Waals surface area contributed by atoms with Gasteiger partial charge in [0.15, 0.2) is 0 Å². The summed E-state index contributed by atoms with van der Waals surface area (Å²) in [7, 11) is 0. The fourth-order valence-electron chi connectivity index (χ4n) is 2.51. The highest BCUT2D eigenvalue weighted by molar-refractivity contribution is 5.02. The SMILES string of the molecule is CC1CCC2OC1C2(C)C. The summed E-state index contributed by atoms with van der Waals surface area (Å²) in [5, 5.41) is 0. The molecule has 0 spiro atoms. The maximum Gasteiger partial charge on any atom is 0.0680 e. The Balaban J connectivity index is 2.16. The number of fused-ring (bicyclic) bond motifs is 2. The van der Waals surface area contributed by atoms with Gasteiger partial charge in [-0.15, -0.1) is 0 Å². The van der Waals surface area contributed by atoms with Gasteiger partial charge in [-0.05, 0) is 18.8 Å². The van der Waals surface area contributed by atoms with E-state index >= 15 is 0 Å². The van der Waals surface area contributed by atoms with Crippen molar-refractivity contribution < 1.29 is 4.74 Å². The van der Waals surface area contributed by atoms with Crippen LogP contribution in [0.3, 0.4) is 0 Å². The molecule has 1 heteroatoms. The van der Waals surface area contributed by atoms with Crippen LogP contribution in [0.1, 0.15) is 33.6 Å². The van der Waals surface area contributed by atoms with Crippen LogP contribution in [0.15, 0.2) is 0 Å². The maximum absolute atomic E-state index is 5.70. The average molecular weight is 140 g/mol. The van der Waals surface area contributed by atoms with E-state index < -0.39 is 0 Å². The summed E-state index contributed by atoms with van der Waals surface area (Å²) >= 11 is 0. The van der Waals surface area contributed by atoms with Gasteiger partial charge in [0.1, 0.15) is 0 Å². The first-order valence-corrected chi connectivity index (χ1v) is 4.28. The summed E-state index contributed by atoms with van der Waals surface area (Å²) in [5.74, 6) is 0.792. The summed E-state index contributed by atoms with van der Waals surface area (Å²) in [6.45, 7) is 6.98. The van der Waals surface area contributed by atoms with Gasteiger partial charge in [-0.3, -0.25) is 0 Å².